The Kier molecular flexibility index (Phi) is 7.67. The predicted octanol–water partition coefficient (Wildman–Crippen LogP) is 4.99. The van der Waals surface area contributed by atoms with Gasteiger partial charge in [-0.05, 0) is 42.7 Å². The second-order valence-electron chi connectivity index (χ2n) is 6.65. The molecule has 2 amide bonds. The smallest absolute Gasteiger partial charge is 0.322 e. The molecule has 3 aromatic rings. The minimum Gasteiger partial charge on any atom is -0.385 e. The van der Waals surface area contributed by atoms with E-state index in [0.29, 0.717) is 30.4 Å². The molecule has 1 heterocycles. The fourth-order valence-corrected chi connectivity index (χ4v) is 3.26. The summed E-state index contributed by atoms with van der Waals surface area (Å²) in [6.07, 6.45) is 5.28. The van der Waals surface area contributed by atoms with Crippen LogP contribution in [-0.2, 0) is 11.3 Å². The summed E-state index contributed by atoms with van der Waals surface area (Å²) in [6, 6.07) is 17.0. The number of urea groups is 1. The van der Waals surface area contributed by atoms with E-state index in [9.17, 15) is 4.79 Å². The Bertz CT molecular complexity index is 900. The molecule has 152 valence electrons. The lowest BCUT2D eigenvalue weighted by Gasteiger charge is -2.23. The molecule has 1 N–H and O–H groups in total. The zero-order chi connectivity index (χ0) is 20.5. The molecule has 0 fully saturated rings. The van der Waals surface area contributed by atoms with E-state index in [0.717, 1.165) is 24.1 Å². The lowest BCUT2D eigenvalue weighted by Crippen LogP contribution is -2.35. The average Bonchev–Trinajstić information content (AvgIpc) is 3.25. The molecule has 1 aromatic heterocycles. The van der Waals surface area contributed by atoms with Crippen molar-refractivity contribution in [3.8, 4) is 5.69 Å². The molecular formula is C22H25ClN4O2. The zero-order valence-electron chi connectivity index (χ0n) is 16.4. The van der Waals surface area contributed by atoms with Gasteiger partial charge in [0.2, 0.25) is 0 Å². The fourth-order valence-electron chi connectivity index (χ4n) is 2.99. The van der Waals surface area contributed by atoms with Gasteiger partial charge in [-0.15, -0.1) is 0 Å². The van der Waals surface area contributed by atoms with E-state index < -0.39 is 0 Å². The molecule has 0 unspecified atom stereocenters. The van der Waals surface area contributed by atoms with Crippen LogP contribution in [0.5, 0.6) is 0 Å². The lowest BCUT2D eigenvalue weighted by molar-refractivity contribution is 0.182. The molecule has 0 aliphatic rings. The highest BCUT2D eigenvalue weighted by Crippen LogP contribution is 2.24. The molecular weight excluding hydrogens is 388 g/mol. The topological polar surface area (TPSA) is 59.4 Å². The third-order valence-electron chi connectivity index (χ3n) is 4.48. The summed E-state index contributed by atoms with van der Waals surface area (Å²) in [6.45, 7) is 1.87. The molecule has 29 heavy (non-hydrogen) atoms. The summed E-state index contributed by atoms with van der Waals surface area (Å²) >= 11 is 6.39. The van der Waals surface area contributed by atoms with Crippen molar-refractivity contribution in [2.45, 2.75) is 19.4 Å². The standard InChI is InChI=1S/C22H25ClN4O2/c1-29-15-6-5-13-26(17-18-8-3-2-4-9-18)22(28)25-19-10-11-21(20(23)16-19)27-14-7-12-24-27/h2-4,7-12,14,16H,5-6,13,15,17H2,1H3,(H,25,28). The largest absolute Gasteiger partial charge is 0.385 e. The van der Waals surface area contributed by atoms with Gasteiger partial charge in [-0.1, -0.05) is 41.9 Å². The number of unbranched alkanes of at least 4 members (excludes halogenated alkanes) is 1. The Morgan fingerprint density at radius 1 is 1.17 bits per heavy atom. The van der Waals surface area contributed by atoms with E-state index >= 15 is 0 Å². The average molecular weight is 413 g/mol. The van der Waals surface area contributed by atoms with Gasteiger partial charge in [0.25, 0.3) is 0 Å². The highest BCUT2D eigenvalue weighted by atomic mass is 35.5. The van der Waals surface area contributed by atoms with Crippen LogP contribution in [-0.4, -0.2) is 41.0 Å². The van der Waals surface area contributed by atoms with Gasteiger partial charge in [-0.25, -0.2) is 9.48 Å². The number of halogens is 1. The highest BCUT2D eigenvalue weighted by Gasteiger charge is 2.15. The Morgan fingerprint density at radius 2 is 2.00 bits per heavy atom. The molecule has 6 nitrogen and oxygen atoms in total. The maximum Gasteiger partial charge on any atom is 0.322 e. The van der Waals surface area contributed by atoms with Crippen molar-refractivity contribution in [2.24, 2.45) is 0 Å². The first-order valence-electron chi connectivity index (χ1n) is 9.56. The Morgan fingerprint density at radius 3 is 2.69 bits per heavy atom. The van der Waals surface area contributed by atoms with Crippen molar-refractivity contribution in [3.05, 3.63) is 77.6 Å². The van der Waals surface area contributed by atoms with Crippen molar-refractivity contribution in [3.63, 3.8) is 0 Å². The quantitative estimate of drug-likeness (QED) is 0.504. The Labute approximate surface area is 176 Å². The van der Waals surface area contributed by atoms with Gasteiger partial charge in [0.05, 0.1) is 10.7 Å². The van der Waals surface area contributed by atoms with E-state index in [1.54, 1.807) is 29.0 Å². The molecule has 3 rings (SSSR count). The predicted molar refractivity (Wildman–Crippen MR) is 116 cm³/mol. The van der Waals surface area contributed by atoms with E-state index in [4.69, 9.17) is 16.3 Å². The van der Waals surface area contributed by atoms with E-state index in [-0.39, 0.29) is 6.03 Å². The van der Waals surface area contributed by atoms with E-state index in [2.05, 4.69) is 10.4 Å². The Balaban J connectivity index is 1.68. The van der Waals surface area contributed by atoms with Crippen LogP contribution in [0.15, 0.2) is 67.0 Å². The second kappa shape index (κ2) is 10.6. The number of rotatable bonds is 9. The number of methoxy groups -OCH3 is 1. The number of carbonyl (C=O) groups is 1. The van der Waals surface area contributed by atoms with Gasteiger partial charge in [0.15, 0.2) is 0 Å². The number of hydrogen-bond acceptors (Lipinski definition) is 3. The third-order valence-corrected chi connectivity index (χ3v) is 4.78. The number of anilines is 1. The molecule has 0 saturated heterocycles. The lowest BCUT2D eigenvalue weighted by atomic mass is 10.2. The first-order valence-corrected chi connectivity index (χ1v) is 9.93. The van der Waals surface area contributed by atoms with Crippen molar-refractivity contribution in [1.82, 2.24) is 14.7 Å². The maximum atomic E-state index is 12.9. The molecule has 0 aliphatic heterocycles. The summed E-state index contributed by atoms with van der Waals surface area (Å²) in [4.78, 5) is 14.7. The molecule has 0 aliphatic carbocycles. The third kappa shape index (κ3) is 6.07. The number of benzene rings is 2. The highest BCUT2D eigenvalue weighted by molar-refractivity contribution is 6.32. The van der Waals surface area contributed by atoms with Crippen LogP contribution in [0.3, 0.4) is 0 Å². The molecule has 7 heteroatoms. The first-order chi connectivity index (χ1) is 14.2. The van der Waals surface area contributed by atoms with Crippen LogP contribution >= 0.6 is 11.6 Å². The van der Waals surface area contributed by atoms with Crippen molar-refractivity contribution in [1.29, 1.82) is 0 Å². The van der Waals surface area contributed by atoms with Gasteiger partial charge in [-0.2, -0.15) is 5.10 Å². The molecule has 0 bridgehead atoms. The molecule has 0 atom stereocenters. The van der Waals surface area contributed by atoms with Crippen LogP contribution in [0.25, 0.3) is 5.69 Å². The number of carbonyl (C=O) groups excluding carboxylic acids is 1. The maximum absolute atomic E-state index is 12.9. The van der Waals surface area contributed by atoms with Crippen LogP contribution in [0, 0.1) is 0 Å². The summed E-state index contributed by atoms with van der Waals surface area (Å²) in [7, 11) is 1.69. The van der Waals surface area contributed by atoms with Gasteiger partial charge in [0, 0.05) is 44.9 Å². The monoisotopic (exact) mass is 412 g/mol. The first kappa shape index (κ1) is 20.9. The number of aromatic nitrogens is 2. The minimum absolute atomic E-state index is 0.158. The molecule has 0 radical (unpaired) electrons. The summed E-state index contributed by atoms with van der Waals surface area (Å²) < 4.78 is 6.80. The van der Waals surface area contributed by atoms with Crippen LogP contribution < -0.4 is 5.32 Å². The summed E-state index contributed by atoms with van der Waals surface area (Å²) in [5.41, 5.74) is 2.49. The summed E-state index contributed by atoms with van der Waals surface area (Å²) in [5, 5.41) is 7.66. The number of nitrogens with one attached hydrogen (secondary N) is 1. The number of nitrogens with zero attached hydrogens (tertiary/aromatic N) is 3. The SMILES string of the molecule is COCCCCN(Cc1ccccc1)C(=O)Nc1ccc(-n2cccn2)c(Cl)c1. The number of ether oxygens (including phenoxy) is 1. The van der Waals surface area contributed by atoms with Crippen LogP contribution in [0.2, 0.25) is 5.02 Å². The van der Waals surface area contributed by atoms with Gasteiger partial charge in [0.1, 0.15) is 0 Å². The fraction of sp³-hybridized carbons (Fsp3) is 0.273. The number of amides is 2. The van der Waals surface area contributed by atoms with Crippen molar-refractivity contribution >= 4 is 23.3 Å². The van der Waals surface area contributed by atoms with Crippen LogP contribution in [0.1, 0.15) is 18.4 Å². The molecule has 0 spiro atoms. The number of hydrogen-bond donors (Lipinski definition) is 1. The van der Waals surface area contributed by atoms with E-state index in [1.165, 1.54) is 0 Å². The van der Waals surface area contributed by atoms with Gasteiger partial charge in [-0.3, -0.25) is 0 Å². The second-order valence-corrected chi connectivity index (χ2v) is 7.06. The van der Waals surface area contributed by atoms with Gasteiger partial charge >= 0.3 is 6.03 Å². The molecule has 0 saturated carbocycles. The Hall–Kier alpha value is -2.83. The van der Waals surface area contributed by atoms with Crippen LogP contribution in [0.4, 0.5) is 10.5 Å². The molecule has 2 aromatic carbocycles. The zero-order valence-corrected chi connectivity index (χ0v) is 17.2. The minimum atomic E-state index is -0.158. The van der Waals surface area contributed by atoms with Gasteiger partial charge < -0.3 is 15.0 Å². The van der Waals surface area contributed by atoms with E-state index in [1.807, 2.05) is 54.7 Å². The van der Waals surface area contributed by atoms with Crippen molar-refractivity contribution in [2.75, 3.05) is 25.6 Å². The summed E-state index contributed by atoms with van der Waals surface area (Å²) in [5.74, 6) is 0. The van der Waals surface area contributed by atoms with Crippen molar-refractivity contribution < 1.29 is 9.53 Å². The normalized spacial score (nSPS) is 10.7.